The molecule has 2 aromatic rings. The summed E-state index contributed by atoms with van der Waals surface area (Å²) >= 11 is 1.59. The number of carbonyl (C=O) groups is 3. The van der Waals surface area contributed by atoms with Crippen LogP contribution in [0.2, 0.25) is 0 Å². The topological polar surface area (TPSA) is 91.4 Å². The maximum atomic E-state index is 13.1. The Balaban J connectivity index is 1.43. The number of hydrogen-bond donors (Lipinski definition) is 2. The molecule has 31 heavy (non-hydrogen) atoms. The number of amides is 3. The van der Waals surface area contributed by atoms with Gasteiger partial charge in [0, 0.05) is 30.3 Å². The predicted molar refractivity (Wildman–Crippen MR) is 119 cm³/mol. The van der Waals surface area contributed by atoms with Crippen molar-refractivity contribution in [3.8, 4) is 0 Å². The molecule has 1 aromatic carbocycles. The van der Waals surface area contributed by atoms with Crippen LogP contribution in [0, 0.1) is 5.92 Å². The number of aromatic nitrogens is 1. The standard InChI is InChI=1S/C23H26N4O3S/c1-14(2)11-18(20(28)25-12-15-7-9-24-10-8-15)26-21(29)19-13-31-23-17-6-4-3-5-16(17)22(30)27(19)23/h3-10,14,18-19,23H,11-13H2,1-2H3,(H,25,28)(H,26,29). The van der Waals surface area contributed by atoms with Crippen molar-refractivity contribution < 1.29 is 14.4 Å². The van der Waals surface area contributed by atoms with E-state index < -0.39 is 12.1 Å². The van der Waals surface area contributed by atoms with E-state index in [-0.39, 0.29) is 29.0 Å². The summed E-state index contributed by atoms with van der Waals surface area (Å²) in [7, 11) is 0. The Bertz CT molecular complexity index is 982. The second-order valence-electron chi connectivity index (χ2n) is 8.27. The second kappa shape index (κ2) is 9.09. The molecule has 1 aromatic heterocycles. The van der Waals surface area contributed by atoms with Gasteiger partial charge >= 0.3 is 0 Å². The van der Waals surface area contributed by atoms with E-state index in [0.717, 1.165) is 11.1 Å². The van der Waals surface area contributed by atoms with Gasteiger partial charge < -0.3 is 15.5 Å². The van der Waals surface area contributed by atoms with Gasteiger partial charge in [0.2, 0.25) is 11.8 Å². The van der Waals surface area contributed by atoms with E-state index in [1.165, 1.54) is 0 Å². The smallest absolute Gasteiger partial charge is 0.256 e. The summed E-state index contributed by atoms with van der Waals surface area (Å²) in [5, 5.41) is 5.68. The molecule has 3 amide bonds. The Labute approximate surface area is 186 Å². The highest BCUT2D eigenvalue weighted by Crippen LogP contribution is 2.48. The normalized spacial score (nSPS) is 20.4. The summed E-state index contributed by atoms with van der Waals surface area (Å²) in [6, 6.07) is 9.93. The van der Waals surface area contributed by atoms with Crippen LogP contribution in [0.1, 0.15) is 47.1 Å². The number of hydrogen-bond acceptors (Lipinski definition) is 5. The Morgan fingerprint density at radius 1 is 1.19 bits per heavy atom. The van der Waals surface area contributed by atoms with E-state index in [9.17, 15) is 14.4 Å². The van der Waals surface area contributed by atoms with Gasteiger partial charge in [0.05, 0.1) is 0 Å². The fourth-order valence-electron chi connectivity index (χ4n) is 4.03. The Morgan fingerprint density at radius 2 is 1.94 bits per heavy atom. The van der Waals surface area contributed by atoms with Crippen molar-refractivity contribution in [3.63, 3.8) is 0 Å². The summed E-state index contributed by atoms with van der Waals surface area (Å²) in [6.07, 6.45) is 3.87. The van der Waals surface area contributed by atoms with E-state index >= 15 is 0 Å². The van der Waals surface area contributed by atoms with Gasteiger partial charge in [0.1, 0.15) is 17.5 Å². The molecular weight excluding hydrogens is 412 g/mol. The highest BCUT2D eigenvalue weighted by molar-refractivity contribution is 7.99. The molecule has 2 aliphatic rings. The summed E-state index contributed by atoms with van der Waals surface area (Å²) in [4.78, 5) is 44.5. The van der Waals surface area contributed by atoms with Crippen LogP contribution in [0.5, 0.6) is 0 Å². The lowest BCUT2D eigenvalue weighted by atomic mass is 10.0. The lowest BCUT2D eigenvalue weighted by Gasteiger charge is -2.26. The van der Waals surface area contributed by atoms with Crippen molar-refractivity contribution >= 4 is 29.5 Å². The quantitative estimate of drug-likeness (QED) is 0.693. The fourth-order valence-corrected chi connectivity index (χ4v) is 5.49. The molecular formula is C23H26N4O3S. The Hall–Kier alpha value is -2.87. The molecule has 0 radical (unpaired) electrons. The van der Waals surface area contributed by atoms with Gasteiger partial charge in [0.15, 0.2) is 0 Å². The summed E-state index contributed by atoms with van der Waals surface area (Å²) in [6.45, 7) is 4.39. The maximum absolute atomic E-state index is 13.1. The lowest BCUT2D eigenvalue weighted by molar-refractivity contribution is -0.131. The van der Waals surface area contributed by atoms with E-state index in [1.807, 2.05) is 44.2 Å². The minimum atomic E-state index is -0.654. The average Bonchev–Trinajstić information content (AvgIpc) is 3.32. The van der Waals surface area contributed by atoms with E-state index in [0.29, 0.717) is 24.3 Å². The first-order valence-electron chi connectivity index (χ1n) is 10.5. The molecule has 2 N–H and O–H groups in total. The third kappa shape index (κ3) is 4.44. The number of nitrogens with one attached hydrogen (secondary N) is 2. The van der Waals surface area contributed by atoms with E-state index in [4.69, 9.17) is 0 Å². The van der Waals surface area contributed by atoms with Crippen molar-refractivity contribution in [2.24, 2.45) is 5.92 Å². The van der Waals surface area contributed by atoms with E-state index in [1.54, 1.807) is 35.1 Å². The first-order valence-corrected chi connectivity index (χ1v) is 11.5. The number of carbonyl (C=O) groups excluding carboxylic acids is 3. The van der Waals surface area contributed by atoms with Gasteiger partial charge in [0.25, 0.3) is 5.91 Å². The molecule has 3 unspecified atom stereocenters. The van der Waals surface area contributed by atoms with Crippen molar-refractivity contribution in [2.75, 3.05) is 5.75 Å². The molecule has 0 spiro atoms. The van der Waals surface area contributed by atoms with Gasteiger partial charge in [-0.25, -0.2) is 0 Å². The Morgan fingerprint density at radius 3 is 2.68 bits per heavy atom. The zero-order chi connectivity index (χ0) is 22.0. The van der Waals surface area contributed by atoms with Gasteiger partial charge in [-0.1, -0.05) is 32.0 Å². The van der Waals surface area contributed by atoms with Crippen molar-refractivity contribution in [1.29, 1.82) is 0 Å². The zero-order valence-corrected chi connectivity index (χ0v) is 18.4. The summed E-state index contributed by atoms with van der Waals surface area (Å²) in [5.74, 6) is 0.121. The average molecular weight is 439 g/mol. The number of rotatable bonds is 7. The predicted octanol–water partition coefficient (Wildman–Crippen LogP) is 2.50. The highest BCUT2D eigenvalue weighted by atomic mass is 32.2. The summed E-state index contributed by atoms with van der Waals surface area (Å²) < 4.78 is 0. The number of benzene rings is 1. The van der Waals surface area contributed by atoms with Crippen LogP contribution in [0.3, 0.4) is 0 Å². The van der Waals surface area contributed by atoms with Crippen LogP contribution in [-0.4, -0.2) is 45.4 Å². The fraction of sp³-hybridized carbons (Fsp3) is 0.391. The highest BCUT2D eigenvalue weighted by Gasteiger charge is 2.48. The maximum Gasteiger partial charge on any atom is 0.256 e. The molecule has 2 aliphatic heterocycles. The van der Waals surface area contributed by atoms with Crippen LogP contribution in [-0.2, 0) is 16.1 Å². The first-order chi connectivity index (χ1) is 15.0. The van der Waals surface area contributed by atoms with Crippen LogP contribution >= 0.6 is 11.8 Å². The first kappa shape index (κ1) is 21.4. The number of pyridine rings is 1. The van der Waals surface area contributed by atoms with Crippen LogP contribution in [0.15, 0.2) is 48.8 Å². The molecule has 0 aliphatic carbocycles. The molecule has 3 heterocycles. The van der Waals surface area contributed by atoms with Crippen molar-refractivity contribution in [1.82, 2.24) is 20.5 Å². The van der Waals surface area contributed by atoms with Gasteiger partial charge in [-0.05, 0) is 41.7 Å². The number of nitrogens with zero attached hydrogens (tertiary/aromatic N) is 2. The molecule has 1 fully saturated rings. The SMILES string of the molecule is CC(C)CC(NC(=O)C1CSC2c3ccccc3C(=O)N12)C(=O)NCc1ccncc1. The van der Waals surface area contributed by atoms with Crippen LogP contribution < -0.4 is 10.6 Å². The zero-order valence-electron chi connectivity index (χ0n) is 17.6. The molecule has 162 valence electrons. The van der Waals surface area contributed by atoms with Crippen LogP contribution in [0.25, 0.3) is 0 Å². The molecule has 1 saturated heterocycles. The van der Waals surface area contributed by atoms with Gasteiger partial charge in [-0.15, -0.1) is 11.8 Å². The lowest BCUT2D eigenvalue weighted by Crippen LogP contribution is -2.53. The number of fused-ring (bicyclic) bond motifs is 3. The van der Waals surface area contributed by atoms with Gasteiger partial charge in [-0.2, -0.15) is 0 Å². The van der Waals surface area contributed by atoms with E-state index in [2.05, 4.69) is 15.6 Å². The van der Waals surface area contributed by atoms with Gasteiger partial charge in [-0.3, -0.25) is 19.4 Å². The molecule has 8 heteroatoms. The van der Waals surface area contributed by atoms with Crippen molar-refractivity contribution in [3.05, 3.63) is 65.5 Å². The third-order valence-corrected chi connectivity index (χ3v) is 6.86. The minimum Gasteiger partial charge on any atom is -0.350 e. The molecule has 7 nitrogen and oxygen atoms in total. The number of thioether (sulfide) groups is 1. The second-order valence-corrected chi connectivity index (χ2v) is 9.38. The summed E-state index contributed by atoms with van der Waals surface area (Å²) in [5.41, 5.74) is 2.56. The minimum absolute atomic E-state index is 0.117. The monoisotopic (exact) mass is 438 g/mol. The molecule has 4 rings (SSSR count). The Kier molecular flexibility index (Phi) is 6.27. The molecule has 0 bridgehead atoms. The van der Waals surface area contributed by atoms with Crippen molar-refractivity contribution in [2.45, 2.75) is 44.3 Å². The largest absolute Gasteiger partial charge is 0.350 e. The van der Waals surface area contributed by atoms with Crippen LogP contribution in [0.4, 0.5) is 0 Å². The molecule has 3 atom stereocenters. The molecule has 0 saturated carbocycles. The third-order valence-electron chi connectivity index (χ3n) is 5.55.